The molecule has 6 heteroatoms. The SMILES string of the molecule is CCCCOC1C(C(O)CO)OC2OC(C)(C)OC21. The van der Waals surface area contributed by atoms with Crippen molar-refractivity contribution in [3.8, 4) is 0 Å². The van der Waals surface area contributed by atoms with Crippen molar-refractivity contribution in [3.05, 3.63) is 0 Å². The molecule has 0 aliphatic carbocycles. The van der Waals surface area contributed by atoms with Crippen LogP contribution >= 0.6 is 0 Å². The van der Waals surface area contributed by atoms with Crippen molar-refractivity contribution in [1.82, 2.24) is 0 Å². The van der Waals surface area contributed by atoms with Crippen molar-refractivity contribution < 1.29 is 29.2 Å². The molecular formula is C13H24O6. The van der Waals surface area contributed by atoms with Gasteiger partial charge in [0.15, 0.2) is 12.1 Å². The average Bonchev–Trinajstić information content (AvgIpc) is 2.82. The van der Waals surface area contributed by atoms with Crippen molar-refractivity contribution in [1.29, 1.82) is 0 Å². The van der Waals surface area contributed by atoms with Gasteiger partial charge in [0.2, 0.25) is 0 Å². The van der Waals surface area contributed by atoms with Crippen molar-refractivity contribution >= 4 is 0 Å². The number of aliphatic hydroxyl groups excluding tert-OH is 2. The second-order valence-electron chi connectivity index (χ2n) is 5.51. The van der Waals surface area contributed by atoms with E-state index in [1.165, 1.54) is 0 Å². The van der Waals surface area contributed by atoms with Crippen LogP contribution in [-0.2, 0) is 18.9 Å². The van der Waals surface area contributed by atoms with E-state index in [1.54, 1.807) is 0 Å². The van der Waals surface area contributed by atoms with E-state index in [0.717, 1.165) is 12.8 Å². The fraction of sp³-hybridized carbons (Fsp3) is 1.00. The number of unbranched alkanes of at least 4 members (excludes halogenated alkanes) is 1. The van der Waals surface area contributed by atoms with Gasteiger partial charge in [-0.3, -0.25) is 0 Å². The molecule has 0 bridgehead atoms. The largest absolute Gasteiger partial charge is 0.394 e. The fourth-order valence-corrected chi connectivity index (χ4v) is 2.47. The van der Waals surface area contributed by atoms with Gasteiger partial charge >= 0.3 is 0 Å². The fourth-order valence-electron chi connectivity index (χ4n) is 2.47. The summed E-state index contributed by atoms with van der Waals surface area (Å²) in [5.41, 5.74) is 0. The molecule has 0 saturated carbocycles. The number of hydrogen-bond acceptors (Lipinski definition) is 6. The highest BCUT2D eigenvalue weighted by Gasteiger charge is 2.56. The van der Waals surface area contributed by atoms with E-state index < -0.39 is 30.4 Å². The van der Waals surface area contributed by atoms with Crippen LogP contribution in [0.15, 0.2) is 0 Å². The molecule has 6 nitrogen and oxygen atoms in total. The first-order valence-electron chi connectivity index (χ1n) is 6.90. The monoisotopic (exact) mass is 276 g/mol. The summed E-state index contributed by atoms with van der Waals surface area (Å²) < 4.78 is 22.8. The van der Waals surface area contributed by atoms with Crippen LogP contribution in [0.3, 0.4) is 0 Å². The minimum Gasteiger partial charge on any atom is -0.394 e. The molecule has 2 heterocycles. The van der Waals surface area contributed by atoms with Crippen molar-refractivity contribution in [2.75, 3.05) is 13.2 Å². The molecule has 5 unspecified atom stereocenters. The van der Waals surface area contributed by atoms with Gasteiger partial charge in [0.05, 0.1) is 6.61 Å². The van der Waals surface area contributed by atoms with Crippen molar-refractivity contribution in [2.24, 2.45) is 0 Å². The molecule has 2 aliphatic heterocycles. The van der Waals surface area contributed by atoms with Gasteiger partial charge in [-0.25, -0.2) is 0 Å². The first kappa shape index (κ1) is 15.2. The summed E-state index contributed by atoms with van der Waals surface area (Å²) in [5, 5.41) is 18.9. The Morgan fingerprint density at radius 2 is 2.05 bits per heavy atom. The van der Waals surface area contributed by atoms with Crippen LogP contribution in [0.25, 0.3) is 0 Å². The summed E-state index contributed by atoms with van der Waals surface area (Å²) in [6.07, 6.45) is -0.982. The van der Waals surface area contributed by atoms with Gasteiger partial charge in [-0.1, -0.05) is 13.3 Å². The lowest BCUT2D eigenvalue weighted by Gasteiger charge is -2.27. The molecule has 2 N–H and O–H groups in total. The van der Waals surface area contributed by atoms with Crippen LogP contribution < -0.4 is 0 Å². The van der Waals surface area contributed by atoms with Gasteiger partial charge in [-0.2, -0.15) is 0 Å². The zero-order valence-electron chi connectivity index (χ0n) is 11.7. The van der Waals surface area contributed by atoms with Gasteiger partial charge in [0.1, 0.15) is 24.4 Å². The molecule has 0 spiro atoms. The minimum atomic E-state index is -0.993. The van der Waals surface area contributed by atoms with Crippen molar-refractivity contribution in [3.63, 3.8) is 0 Å². The molecular weight excluding hydrogens is 252 g/mol. The van der Waals surface area contributed by atoms with Gasteiger partial charge < -0.3 is 29.2 Å². The molecule has 2 fully saturated rings. The highest BCUT2D eigenvalue weighted by molar-refractivity contribution is 4.96. The summed E-state index contributed by atoms with van der Waals surface area (Å²) in [6, 6.07) is 0. The minimum absolute atomic E-state index is 0.363. The maximum Gasteiger partial charge on any atom is 0.190 e. The first-order chi connectivity index (χ1) is 8.98. The number of hydrogen-bond donors (Lipinski definition) is 2. The topological polar surface area (TPSA) is 77.4 Å². The van der Waals surface area contributed by atoms with Crippen LogP contribution in [0.2, 0.25) is 0 Å². The molecule has 19 heavy (non-hydrogen) atoms. The summed E-state index contributed by atoms with van der Waals surface area (Å²) in [4.78, 5) is 0. The number of aliphatic hydroxyl groups is 2. The van der Waals surface area contributed by atoms with Gasteiger partial charge in [-0.05, 0) is 20.3 Å². The molecule has 0 amide bonds. The van der Waals surface area contributed by atoms with Crippen molar-refractivity contribution in [2.45, 2.75) is 70.1 Å². The number of rotatable bonds is 6. The standard InChI is InChI=1S/C13H24O6/c1-4-5-6-16-10-9(8(15)7-14)17-12-11(10)18-13(2,3)19-12/h8-12,14-15H,4-7H2,1-3H3. The van der Waals surface area contributed by atoms with Gasteiger partial charge in [-0.15, -0.1) is 0 Å². The third-order valence-corrected chi connectivity index (χ3v) is 3.40. The Hall–Kier alpha value is -0.240. The van der Waals surface area contributed by atoms with Crippen LogP contribution in [0.4, 0.5) is 0 Å². The molecule has 112 valence electrons. The second kappa shape index (κ2) is 6.03. The molecule has 0 aromatic heterocycles. The zero-order valence-corrected chi connectivity index (χ0v) is 11.7. The second-order valence-corrected chi connectivity index (χ2v) is 5.51. The summed E-state index contributed by atoms with van der Waals surface area (Å²) >= 11 is 0. The summed E-state index contributed by atoms with van der Waals surface area (Å²) in [6.45, 7) is 5.91. The normalized spacial score (nSPS) is 38.4. The van der Waals surface area contributed by atoms with E-state index in [4.69, 9.17) is 24.1 Å². The Balaban J connectivity index is 2.02. The smallest absolute Gasteiger partial charge is 0.190 e. The maximum atomic E-state index is 9.80. The van der Waals surface area contributed by atoms with E-state index in [9.17, 15) is 5.11 Å². The molecule has 0 radical (unpaired) electrons. The third-order valence-electron chi connectivity index (χ3n) is 3.40. The maximum absolute atomic E-state index is 9.80. The molecule has 5 atom stereocenters. The molecule has 2 saturated heterocycles. The van der Waals surface area contributed by atoms with E-state index in [0.29, 0.717) is 6.61 Å². The number of fused-ring (bicyclic) bond motifs is 1. The van der Waals surface area contributed by atoms with E-state index in [-0.39, 0.29) is 12.7 Å². The van der Waals surface area contributed by atoms with E-state index >= 15 is 0 Å². The summed E-state index contributed by atoms with van der Waals surface area (Å²) in [7, 11) is 0. The quantitative estimate of drug-likeness (QED) is 0.684. The lowest BCUT2D eigenvalue weighted by atomic mass is 10.1. The molecule has 2 aliphatic rings. The average molecular weight is 276 g/mol. The van der Waals surface area contributed by atoms with E-state index in [2.05, 4.69) is 6.92 Å². The van der Waals surface area contributed by atoms with E-state index in [1.807, 2.05) is 13.8 Å². The Labute approximate surface area is 113 Å². The highest BCUT2D eigenvalue weighted by atomic mass is 16.8. The van der Waals surface area contributed by atoms with Gasteiger partial charge in [0.25, 0.3) is 0 Å². The Morgan fingerprint density at radius 1 is 1.32 bits per heavy atom. The predicted molar refractivity (Wildman–Crippen MR) is 66.4 cm³/mol. The first-order valence-corrected chi connectivity index (χ1v) is 6.90. The molecule has 2 rings (SSSR count). The lowest BCUT2D eigenvalue weighted by molar-refractivity contribution is -0.231. The third kappa shape index (κ3) is 3.26. The Kier molecular flexibility index (Phi) is 4.81. The Bertz CT molecular complexity index is 295. The molecule has 0 aromatic rings. The lowest BCUT2D eigenvalue weighted by Crippen LogP contribution is -2.44. The van der Waals surface area contributed by atoms with Gasteiger partial charge in [0, 0.05) is 6.61 Å². The number of ether oxygens (including phenoxy) is 4. The predicted octanol–water partition coefficient (Wildman–Crippen LogP) is 0.401. The zero-order chi connectivity index (χ0) is 14.0. The molecule has 0 aromatic carbocycles. The van der Waals surface area contributed by atoms with Crippen LogP contribution in [-0.4, -0.2) is 59.9 Å². The van der Waals surface area contributed by atoms with Crippen LogP contribution in [0.1, 0.15) is 33.6 Å². The Morgan fingerprint density at radius 3 is 2.68 bits per heavy atom. The highest BCUT2D eigenvalue weighted by Crippen LogP contribution is 2.39. The van der Waals surface area contributed by atoms with Crippen LogP contribution in [0, 0.1) is 0 Å². The van der Waals surface area contributed by atoms with Crippen LogP contribution in [0.5, 0.6) is 0 Å². The summed E-state index contributed by atoms with van der Waals surface area (Å²) in [5.74, 6) is -0.711.